The Labute approximate surface area is 168 Å². The molecule has 2 aromatic carbocycles. The molecule has 0 aliphatic carbocycles. The van der Waals surface area contributed by atoms with Gasteiger partial charge in [-0.25, -0.2) is 8.42 Å². The van der Waals surface area contributed by atoms with Crippen LogP contribution >= 0.6 is 15.9 Å². The molecule has 3 rings (SSSR count). The third-order valence-corrected chi connectivity index (χ3v) is 7.29. The number of fused-ring (bicyclic) bond motifs is 1. The zero-order valence-corrected chi connectivity index (χ0v) is 17.5. The Balaban J connectivity index is 2.11. The maximum Gasteiger partial charge on any atom is 0.265 e. The average molecular weight is 449 g/mol. The highest BCUT2D eigenvalue weighted by atomic mass is 79.9. The van der Waals surface area contributed by atoms with E-state index in [9.17, 15) is 13.2 Å². The van der Waals surface area contributed by atoms with Gasteiger partial charge in [-0.2, -0.15) is 0 Å². The van der Waals surface area contributed by atoms with Gasteiger partial charge in [-0.05, 0) is 52.2 Å². The number of anilines is 2. The molecule has 1 aliphatic heterocycles. The topological polar surface area (TPSA) is 57.7 Å². The minimum absolute atomic E-state index is 0.00886. The molecule has 1 heterocycles. The number of halogens is 1. The van der Waals surface area contributed by atoms with E-state index in [2.05, 4.69) is 22.5 Å². The Kier molecular flexibility index (Phi) is 5.72. The second-order valence-electron chi connectivity index (χ2n) is 6.22. The van der Waals surface area contributed by atoms with Crippen LogP contribution in [0.2, 0.25) is 0 Å². The molecule has 0 radical (unpaired) electrons. The standard InChI is InChI=1S/C20H21BrN2O3S/c1-3-11-23(16-8-6-5-7-9-16)27(25,26)19-14-18-15(13-17(19)21)10-12-22(18)20(24)4-2/h3,5-9,13-14H,1,4,10-12H2,2H3. The number of benzene rings is 2. The van der Waals surface area contributed by atoms with Crippen molar-refractivity contribution in [2.75, 3.05) is 22.3 Å². The minimum Gasteiger partial charge on any atom is -0.312 e. The van der Waals surface area contributed by atoms with Gasteiger partial charge in [0, 0.05) is 23.1 Å². The fourth-order valence-corrected chi connectivity index (χ4v) is 5.72. The van der Waals surface area contributed by atoms with E-state index in [-0.39, 0.29) is 17.3 Å². The number of carbonyl (C=O) groups excluding carboxylic acids is 1. The van der Waals surface area contributed by atoms with Gasteiger partial charge < -0.3 is 4.90 Å². The summed E-state index contributed by atoms with van der Waals surface area (Å²) < 4.78 is 28.7. The molecule has 0 N–H and O–H groups in total. The van der Waals surface area contributed by atoms with Crippen molar-refractivity contribution in [3.05, 3.63) is 65.2 Å². The maximum absolute atomic E-state index is 13.4. The molecule has 1 amide bonds. The van der Waals surface area contributed by atoms with E-state index in [4.69, 9.17) is 0 Å². The van der Waals surface area contributed by atoms with Crippen LogP contribution in [0.1, 0.15) is 18.9 Å². The first kappa shape index (κ1) is 19.6. The van der Waals surface area contributed by atoms with Crippen molar-refractivity contribution in [2.24, 2.45) is 0 Å². The number of rotatable bonds is 6. The number of sulfonamides is 1. The van der Waals surface area contributed by atoms with Crippen LogP contribution in [0.25, 0.3) is 0 Å². The SMILES string of the molecule is C=CCN(c1ccccc1)S(=O)(=O)c1cc2c(cc1Br)CCN2C(=O)CC. The largest absolute Gasteiger partial charge is 0.312 e. The maximum atomic E-state index is 13.4. The van der Waals surface area contributed by atoms with Crippen LogP contribution in [0, 0.1) is 0 Å². The van der Waals surface area contributed by atoms with Gasteiger partial charge in [0.1, 0.15) is 4.90 Å². The van der Waals surface area contributed by atoms with Gasteiger partial charge in [-0.1, -0.05) is 31.2 Å². The molecule has 27 heavy (non-hydrogen) atoms. The van der Waals surface area contributed by atoms with Gasteiger partial charge in [0.15, 0.2) is 0 Å². The third kappa shape index (κ3) is 3.66. The van der Waals surface area contributed by atoms with Crippen LogP contribution in [-0.4, -0.2) is 27.4 Å². The monoisotopic (exact) mass is 448 g/mol. The predicted molar refractivity (Wildman–Crippen MR) is 112 cm³/mol. The Hall–Kier alpha value is -2.12. The molecular formula is C20H21BrN2O3S. The van der Waals surface area contributed by atoms with Crippen LogP contribution in [0.4, 0.5) is 11.4 Å². The van der Waals surface area contributed by atoms with Crippen molar-refractivity contribution in [3.8, 4) is 0 Å². The number of carbonyl (C=O) groups is 1. The second kappa shape index (κ2) is 7.86. The van der Waals surface area contributed by atoms with Crippen LogP contribution in [-0.2, 0) is 21.2 Å². The molecule has 0 atom stereocenters. The summed E-state index contributed by atoms with van der Waals surface area (Å²) in [6.45, 7) is 6.22. The van der Waals surface area contributed by atoms with Gasteiger partial charge in [0.25, 0.3) is 10.0 Å². The summed E-state index contributed by atoms with van der Waals surface area (Å²) in [6.07, 6.45) is 2.65. The first-order chi connectivity index (χ1) is 12.9. The highest BCUT2D eigenvalue weighted by Crippen LogP contribution is 2.37. The lowest BCUT2D eigenvalue weighted by atomic mass is 10.2. The number of amides is 1. The fraction of sp³-hybridized carbons (Fsp3) is 0.250. The summed E-state index contributed by atoms with van der Waals surface area (Å²) in [5, 5.41) is 0. The molecule has 0 saturated heterocycles. The van der Waals surface area contributed by atoms with Crippen molar-refractivity contribution >= 4 is 43.2 Å². The van der Waals surface area contributed by atoms with E-state index >= 15 is 0 Å². The summed E-state index contributed by atoms with van der Waals surface area (Å²) >= 11 is 3.42. The van der Waals surface area contributed by atoms with Crippen LogP contribution in [0.15, 0.2) is 64.5 Å². The summed E-state index contributed by atoms with van der Waals surface area (Å²) in [4.78, 5) is 14.0. The smallest absolute Gasteiger partial charge is 0.265 e. The van der Waals surface area contributed by atoms with Gasteiger partial charge in [0.05, 0.1) is 12.2 Å². The molecule has 2 aromatic rings. The van der Waals surface area contributed by atoms with Crippen molar-refractivity contribution in [2.45, 2.75) is 24.7 Å². The summed E-state index contributed by atoms with van der Waals surface area (Å²) in [6, 6.07) is 12.3. The van der Waals surface area contributed by atoms with Crippen LogP contribution in [0.5, 0.6) is 0 Å². The fourth-order valence-electron chi connectivity index (χ4n) is 3.21. The van der Waals surface area contributed by atoms with Crippen LogP contribution in [0.3, 0.4) is 0 Å². The number of hydrogen-bond acceptors (Lipinski definition) is 3. The second-order valence-corrected chi connectivity index (χ2v) is 8.91. The lowest BCUT2D eigenvalue weighted by Gasteiger charge is -2.25. The highest BCUT2D eigenvalue weighted by molar-refractivity contribution is 9.10. The van der Waals surface area contributed by atoms with E-state index in [1.807, 2.05) is 12.1 Å². The van der Waals surface area contributed by atoms with Crippen molar-refractivity contribution in [3.63, 3.8) is 0 Å². The van der Waals surface area contributed by atoms with E-state index in [0.717, 1.165) is 12.0 Å². The normalized spacial score (nSPS) is 13.3. The highest BCUT2D eigenvalue weighted by Gasteiger charge is 2.31. The summed E-state index contributed by atoms with van der Waals surface area (Å²) in [7, 11) is -3.85. The Morgan fingerprint density at radius 3 is 2.63 bits per heavy atom. The van der Waals surface area contributed by atoms with Crippen LogP contribution < -0.4 is 9.21 Å². The first-order valence-corrected chi connectivity index (χ1v) is 10.9. The first-order valence-electron chi connectivity index (χ1n) is 8.71. The average Bonchev–Trinajstić information content (AvgIpc) is 3.08. The predicted octanol–water partition coefficient (Wildman–Crippen LogP) is 4.13. The van der Waals surface area contributed by atoms with E-state index in [1.54, 1.807) is 48.2 Å². The number of nitrogens with zero attached hydrogens (tertiary/aromatic N) is 2. The number of para-hydroxylation sites is 1. The number of hydrogen-bond donors (Lipinski definition) is 0. The molecule has 7 heteroatoms. The van der Waals surface area contributed by atoms with Crippen molar-refractivity contribution in [1.29, 1.82) is 0 Å². The Morgan fingerprint density at radius 1 is 1.30 bits per heavy atom. The molecule has 5 nitrogen and oxygen atoms in total. The lowest BCUT2D eigenvalue weighted by molar-refractivity contribution is -0.118. The quantitative estimate of drug-likeness (QED) is 0.624. The molecule has 1 aliphatic rings. The minimum atomic E-state index is -3.85. The molecule has 0 spiro atoms. The van der Waals surface area contributed by atoms with Gasteiger partial charge in [-0.15, -0.1) is 6.58 Å². The van der Waals surface area contributed by atoms with E-state index in [0.29, 0.717) is 28.8 Å². The van der Waals surface area contributed by atoms with Crippen molar-refractivity contribution < 1.29 is 13.2 Å². The van der Waals surface area contributed by atoms with E-state index < -0.39 is 10.0 Å². The lowest BCUT2D eigenvalue weighted by Crippen LogP contribution is -2.32. The molecule has 142 valence electrons. The molecule has 0 aromatic heterocycles. The Bertz CT molecular complexity index is 974. The third-order valence-electron chi connectivity index (χ3n) is 4.54. The van der Waals surface area contributed by atoms with Gasteiger partial charge in [0.2, 0.25) is 5.91 Å². The zero-order valence-electron chi connectivity index (χ0n) is 15.1. The van der Waals surface area contributed by atoms with E-state index in [1.165, 1.54) is 4.31 Å². The zero-order chi connectivity index (χ0) is 19.6. The summed E-state index contributed by atoms with van der Waals surface area (Å²) in [5.74, 6) is -0.00886. The van der Waals surface area contributed by atoms with Gasteiger partial charge >= 0.3 is 0 Å². The molecular weight excluding hydrogens is 428 g/mol. The Morgan fingerprint density at radius 2 is 2.00 bits per heavy atom. The summed E-state index contributed by atoms with van der Waals surface area (Å²) in [5.41, 5.74) is 2.21. The van der Waals surface area contributed by atoms with Crippen molar-refractivity contribution in [1.82, 2.24) is 0 Å². The molecule has 0 unspecified atom stereocenters. The molecule has 0 bridgehead atoms. The van der Waals surface area contributed by atoms with Gasteiger partial charge in [-0.3, -0.25) is 9.10 Å². The molecule has 0 saturated carbocycles. The molecule has 0 fully saturated rings.